The predicted octanol–water partition coefficient (Wildman–Crippen LogP) is 5.58. The van der Waals surface area contributed by atoms with Crippen LogP contribution in [-0.4, -0.2) is 42.2 Å². The number of alkyl halides is 2. The van der Waals surface area contributed by atoms with Gasteiger partial charge in [-0.2, -0.15) is 13.9 Å². The maximum absolute atomic E-state index is 13.2. The minimum Gasteiger partial charge on any atom is -0.496 e. The fraction of sp³-hybridized carbons (Fsp3) is 0.364. The molecule has 0 atom stereocenters. The molecule has 0 fully saturated rings. The normalized spacial score (nSPS) is 11.7. The lowest BCUT2D eigenvalue weighted by Crippen LogP contribution is -2.25. The summed E-state index contributed by atoms with van der Waals surface area (Å²) in [6, 6.07) is 6.47. The van der Waals surface area contributed by atoms with Gasteiger partial charge in [-0.15, -0.1) is 0 Å². The number of ether oxygens (including phenoxy) is 4. The largest absolute Gasteiger partial charge is 0.496 e. The van der Waals surface area contributed by atoms with Crippen molar-refractivity contribution in [3.8, 4) is 28.5 Å². The molecule has 0 bridgehead atoms. The van der Waals surface area contributed by atoms with Crippen molar-refractivity contribution in [2.24, 2.45) is 7.05 Å². The number of methoxy groups -OCH3 is 2. The van der Waals surface area contributed by atoms with Crippen molar-refractivity contribution in [1.29, 1.82) is 0 Å². The average molecular weight is 513 g/mol. The molecule has 0 aliphatic rings. The molecular weight excluding hydrogens is 490 g/mol. The quantitative estimate of drug-likeness (QED) is 0.401. The van der Waals surface area contributed by atoms with Crippen LogP contribution in [0, 0.1) is 0 Å². The Bertz CT molecular complexity index is 1170. The van der Waals surface area contributed by atoms with Crippen LogP contribution in [0.5, 0.6) is 17.2 Å². The van der Waals surface area contributed by atoms with Crippen LogP contribution in [0.2, 0.25) is 0 Å². The SMILES string of the molecule is COc1cc(-c2c3c(OC)cc(Br)cc3nn2C)cc(OC(F)F)c1C(=O)OC(C)(C)C. The maximum Gasteiger partial charge on any atom is 0.387 e. The van der Waals surface area contributed by atoms with Crippen molar-refractivity contribution < 1.29 is 32.5 Å². The Kier molecular flexibility index (Phi) is 6.64. The van der Waals surface area contributed by atoms with Gasteiger partial charge in [-0.05, 0) is 45.0 Å². The number of fused-ring (bicyclic) bond motifs is 1. The average Bonchev–Trinajstić information content (AvgIpc) is 3.00. The number of halogens is 3. The van der Waals surface area contributed by atoms with E-state index in [9.17, 15) is 13.6 Å². The van der Waals surface area contributed by atoms with Crippen molar-refractivity contribution in [2.45, 2.75) is 33.0 Å². The molecule has 0 N–H and O–H groups in total. The Morgan fingerprint density at radius 2 is 1.69 bits per heavy atom. The van der Waals surface area contributed by atoms with Crippen molar-refractivity contribution in [3.05, 3.63) is 34.3 Å². The summed E-state index contributed by atoms with van der Waals surface area (Å²) in [4.78, 5) is 12.8. The Balaban J connectivity index is 2.30. The van der Waals surface area contributed by atoms with Gasteiger partial charge in [0.25, 0.3) is 0 Å². The monoisotopic (exact) mass is 512 g/mol. The summed E-state index contributed by atoms with van der Waals surface area (Å²) in [5.41, 5.74) is 0.558. The Labute approximate surface area is 192 Å². The van der Waals surface area contributed by atoms with Gasteiger partial charge in [0.15, 0.2) is 0 Å². The van der Waals surface area contributed by atoms with Crippen molar-refractivity contribution in [1.82, 2.24) is 9.78 Å². The van der Waals surface area contributed by atoms with E-state index in [1.165, 1.54) is 20.3 Å². The minimum atomic E-state index is -3.16. The third-order valence-corrected chi connectivity index (χ3v) is 4.92. The van der Waals surface area contributed by atoms with Crippen LogP contribution < -0.4 is 14.2 Å². The van der Waals surface area contributed by atoms with Crippen LogP contribution in [0.15, 0.2) is 28.7 Å². The molecule has 0 unspecified atom stereocenters. The molecule has 0 aliphatic heterocycles. The first-order chi connectivity index (χ1) is 14.9. The first-order valence-corrected chi connectivity index (χ1v) is 10.3. The van der Waals surface area contributed by atoms with E-state index in [0.29, 0.717) is 27.9 Å². The van der Waals surface area contributed by atoms with Gasteiger partial charge in [0, 0.05) is 17.1 Å². The third-order valence-electron chi connectivity index (χ3n) is 4.46. The van der Waals surface area contributed by atoms with Gasteiger partial charge in [-0.25, -0.2) is 4.79 Å². The van der Waals surface area contributed by atoms with E-state index in [2.05, 4.69) is 21.0 Å². The van der Waals surface area contributed by atoms with Crippen LogP contribution >= 0.6 is 15.9 Å². The molecule has 1 aromatic heterocycles. The highest BCUT2D eigenvalue weighted by atomic mass is 79.9. The second kappa shape index (κ2) is 8.93. The fourth-order valence-electron chi connectivity index (χ4n) is 3.36. The van der Waals surface area contributed by atoms with Crippen LogP contribution in [0.3, 0.4) is 0 Å². The summed E-state index contributed by atoms with van der Waals surface area (Å²) in [5.74, 6) is -0.649. The topological polar surface area (TPSA) is 71.8 Å². The molecule has 0 aliphatic carbocycles. The molecule has 1 heterocycles. The third kappa shape index (κ3) is 4.79. The molecule has 0 saturated carbocycles. The van der Waals surface area contributed by atoms with Gasteiger partial charge in [0.2, 0.25) is 0 Å². The highest BCUT2D eigenvalue weighted by molar-refractivity contribution is 9.10. The molecule has 0 radical (unpaired) electrons. The zero-order valence-electron chi connectivity index (χ0n) is 18.5. The molecule has 10 heteroatoms. The van der Waals surface area contributed by atoms with E-state index >= 15 is 0 Å². The summed E-state index contributed by atoms with van der Waals surface area (Å²) in [5, 5.41) is 5.16. The second-order valence-corrected chi connectivity index (χ2v) is 8.82. The number of hydrogen-bond donors (Lipinski definition) is 0. The number of esters is 1. The van der Waals surface area contributed by atoms with Gasteiger partial charge < -0.3 is 18.9 Å². The van der Waals surface area contributed by atoms with Gasteiger partial charge in [0.05, 0.1) is 30.8 Å². The van der Waals surface area contributed by atoms with Crippen molar-refractivity contribution in [3.63, 3.8) is 0 Å². The number of nitrogens with zero attached hydrogens (tertiary/aromatic N) is 2. The Morgan fingerprint density at radius 1 is 1.06 bits per heavy atom. The molecule has 3 aromatic rings. The standard InChI is InChI=1S/C22H23BrF2N2O5/c1-22(2,3)32-20(28)18-14(29-5)7-11(8-16(18)31-21(24)25)19-17-13(26-27(19)4)9-12(23)10-15(17)30-6/h7-10,21H,1-6H3. The molecule has 0 amide bonds. The number of rotatable bonds is 6. The lowest BCUT2D eigenvalue weighted by Gasteiger charge is -2.22. The van der Waals surface area contributed by atoms with E-state index in [0.717, 1.165) is 4.47 Å². The number of carbonyl (C=O) groups is 1. The lowest BCUT2D eigenvalue weighted by atomic mass is 10.0. The van der Waals surface area contributed by atoms with E-state index in [1.54, 1.807) is 44.6 Å². The first-order valence-electron chi connectivity index (χ1n) is 9.56. The smallest absolute Gasteiger partial charge is 0.387 e. The first kappa shape index (κ1) is 23.8. The molecule has 32 heavy (non-hydrogen) atoms. The fourth-order valence-corrected chi connectivity index (χ4v) is 3.78. The van der Waals surface area contributed by atoms with Gasteiger partial charge in [-0.3, -0.25) is 4.68 Å². The lowest BCUT2D eigenvalue weighted by molar-refractivity contribution is -0.0509. The highest BCUT2D eigenvalue weighted by Crippen LogP contribution is 2.42. The zero-order chi connectivity index (χ0) is 23.8. The molecule has 0 saturated heterocycles. The van der Waals surface area contributed by atoms with Crippen LogP contribution in [0.4, 0.5) is 8.78 Å². The number of hydrogen-bond acceptors (Lipinski definition) is 6. The molecule has 7 nitrogen and oxygen atoms in total. The zero-order valence-corrected chi connectivity index (χ0v) is 20.0. The number of aryl methyl sites for hydroxylation is 1. The van der Waals surface area contributed by atoms with Crippen LogP contribution in [0.1, 0.15) is 31.1 Å². The Morgan fingerprint density at radius 3 is 2.25 bits per heavy atom. The van der Waals surface area contributed by atoms with E-state index in [1.807, 2.05) is 6.07 Å². The molecular formula is C22H23BrF2N2O5. The van der Waals surface area contributed by atoms with Crippen molar-refractivity contribution in [2.75, 3.05) is 14.2 Å². The van der Waals surface area contributed by atoms with E-state index in [-0.39, 0.29) is 17.1 Å². The maximum atomic E-state index is 13.2. The summed E-state index contributed by atoms with van der Waals surface area (Å²) in [6.45, 7) is 1.85. The van der Waals surface area contributed by atoms with Crippen molar-refractivity contribution >= 4 is 32.8 Å². The molecule has 3 rings (SSSR count). The summed E-state index contributed by atoms with van der Waals surface area (Å²) in [7, 11) is 4.57. The van der Waals surface area contributed by atoms with Crippen LogP contribution in [0.25, 0.3) is 22.2 Å². The minimum absolute atomic E-state index is 0.0258. The molecule has 2 aromatic carbocycles. The summed E-state index contributed by atoms with van der Waals surface area (Å²) < 4.78 is 49.8. The summed E-state index contributed by atoms with van der Waals surface area (Å²) in [6.07, 6.45) is 0. The molecule has 172 valence electrons. The van der Waals surface area contributed by atoms with E-state index < -0.39 is 18.2 Å². The Hall–Kier alpha value is -2.88. The van der Waals surface area contributed by atoms with Gasteiger partial charge >= 0.3 is 12.6 Å². The van der Waals surface area contributed by atoms with Crippen LogP contribution in [-0.2, 0) is 11.8 Å². The van der Waals surface area contributed by atoms with Gasteiger partial charge in [0.1, 0.15) is 28.4 Å². The predicted molar refractivity (Wildman–Crippen MR) is 119 cm³/mol. The van der Waals surface area contributed by atoms with E-state index in [4.69, 9.17) is 18.9 Å². The number of carbonyl (C=O) groups excluding carboxylic acids is 1. The second-order valence-electron chi connectivity index (χ2n) is 7.91. The number of aromatic nitrogens is 2. The summed E-state index contributed by atoms with van der Waals surface area (Å²) >= 11 is 3.42. The number of benzene rings is 2. The van der Waals surface area contributed by atoms with Gasteiger partial charge in [-0.1, -0.05) is 15.9 Å². The highest BCUT2D eigenvalue weighted by Gasteiger charge is 2.29. The molecule has 0 spiro atoms.